The predicted octanol–water partition coefficient (Wildman–Crippen LogP) is 0.490. The molecule has 114 valence electrons. The number of nitrogens with one attached hydrogen (secondary N) is 1. The molecular weight excluding hydrogens is 284 g/mol. The summed E-state index contributed by atoms with van der Waals surface area (Å²) in [7, 11) is 0. The minimum atomic E-state index is -0.204. The molecule has 3 rings (SSSR count). The summed E-state index contributed by atoms with van der Waals surface area (Å²) >= 11 is 0. The molecule has 3 heterocycles. The van der Waals surface area contributed by atoms with Gasteiger partial charge >= 0.3 is 0 Å². The average Bonchev–Trinajstić information content (AvgIpc) is 3.07. The van der Waals surface area contributed by atoms with Gasteiger partial charge in [0.1, 0.15) is 5.65 Å². The number of fused-ring (bicyclic) bond motifs is 1. The number of aromatic nitrogens is 2. The van der Waals surface area contributed by atoms with E-state index in [1.54, 1.807) is 0 Å². The van der Waals surface area contributed by atoms with E-state index in [9.17, 15) is 14.4 Å². The molecule has 0 aliphatic carbocycles. The summed E-state index contributed by atoms with van der Waals surface area (Å²) in [5, 5.41) is 2.75. The Morgan fingerprint density at radius 2 is 2.00 bits per heavy atom. The Hall–Kier alpha value is -2.70. The number of carbonyl (C=O) groups excluding carboxylic acids is 3. The molecule has 0 unspecified atom stereocenters. The van der Waals surface area contributed by atoms with Gasteiger partial charge in [-0.15, -0.1) is 0 Å². The monoisotopic (exact) mass is 300 g/mol. The molecule has 3 amide bonds. The average molecular weight is 300 g/mol. The smallest absolute Gasteiger partial charge is 0.229 e. The largest absolute Gasteiger partial charge is 0.350 e. The Morgan fingerprint density at radius 1 is 1.23 bits per heavy atom. The third-order valence-electron chi connectivity index (χ3n) is 3.60. The molecule has 1 aliphatic heterocycles. The molecule has 7 nitrogen and oxygen atoms in total. The lowest BCUT2D eigenvalue weighted by Crippen LogP contribution is -2.34. The van der Waals surface area contributed by atoms with Crippen molar-refractivity contribution in [2.75, 3.05) is 6.54 Å². The Morgan fingerprint density at radius 3 is 2.73 bits per heavy atom. The molecule has 2 aromatic heterocycles. The van der Waals surface area contributed by atoms with Crippen LogP contribution in [0.25, 0.3) is 5.65 Å². The normalized spacial score (nSPS) is 14.8. The Balaban J connectivity index is 1.50. The molecule has 0 bridgehead atoms. The summed E-state index contributed by atoms with van der Waals surface area (Å²) in [4.78, 5) is 40.2. The van der Waals surface area contributed by atoms with E-state index in [1.165, 1.54) is 0 Å². The van der Waals surface area contributed by atoms with Gasteiger partial charge in [-0.3, -0.25) is 19.3 Å². The van der Waals surface area contributed by atoms with Crippen molar-refractivity contribution in [2.24, 2.45) is 0 Å². The first kappa shape index (κ1) is 14.2. The van der Waals surface area contributed by atoms with Crippen LogP contribution in [0.1, 0.15) is 25.0 Å². The fourth-order valence-electron chi connectivity index (χ4n) is 2.44. The van der Waals surface area contributed by atoms with Gasteiger partial charge in [0.25, 0.3) is 0 Å². The van der Waals surface area contributed by atoms with Crippen molar-refractivity contribution in [3.05, 3.63) is 36.3 Å². The molecule has 2 aromatic rings. The quantitative estimate of drug-likeness (QED) is 0.815. The molecule has 0 radical (unpaired) electrons. The van der Waals surface area contributed by atoms with Crippen LogP contribution >= 0.6 is 0 Å². The van der Waals surface area contributed by atoms with Crippen molar-refractivity contribution in [3.63, 3.8) is 0 Å². The van der Waals surface area contributed by atoms with Gasteiger partial charge in [0.15, 0.2) is 0 Å². The molecule has 1 N–H and O–H groups in total. The first-order valence-electron chi connectivity index (χ1n) is 7.16. The first-order valence-corrected chi connectivity index (χ1v) is 7.16. The van der Waals surface area contributed by atoms with Crippen LogP contribution < -0.4 is 5.32 Å². The van der Waals surface area contributed by atoms with Crippen LogP contribution in [0, 0.1) is 0 Å². The van der Waals surface area contributed by atoms with Crippen LogP contribution in [-0.2, 0) is 20.9 Å². The highest BCUT2D eigenvalue weighted by Crippen LogP contribution is 2.11. The standard InChI is InChI=1S/C15H16N4O3/c20-13(6-8-19-14(21)4-5-15(19)22)16-9-11-10-18-7-2-1-3-12(18)17-11/h1-3,7,10H,4-6,8-9H2,(H,16,20). The maximum Gasteiger partial charge on any atom is 0.229 e. The minimum absolute atomic E-state index is 0.116. The minimum Gasteiger partial charge on any atom is -0.350 e. The first-order chi connectivity index (χ1) is 10.6. The number of rotatable bonds is 5. The number of imidazole rings is 1. The van der Waals surface area contributed by atoms with E-state index in [4.69, 9.17) is 0 Å². The maximum atomic E-state index is 11.8. The molecule has 1 fully saturated rings. The zero-order valence-corrected chi connectivity index (χ0v) is 12.0. The summed E-state index contributed by atoms with van der Waals surface area (Å²) in [6.07, 6.45) is 4.36. The third kappa shape index (κ3) is 2.98. The van der Waals surface area contributed by atoms with Gasteiger partial charge in [0.05, 0.1) is 12.2 Å². The molecule has 0 aromatic carbocycles. The second-order valence-electron chi connectivity index (χ2n) is 5.16. The topological polar surface area (TPSA) is 83.8 Å². The summed E-state index contributed by atoms with van der Waals surface area (Å²) in [5.74, 6) is -0.596. The Kier molecular flexibility index (Phi) is 3.86. The molecule has 1 saturated heterocycles. The molecule has 0 saturated carbocycles. The zero-order valence-electron chi connectivity index (χ0n) is 12.0. The van der Waals surface area contributed by atoms with Gasteiger partial charge in [-0.2, -0.15) is 0 Å². The van der Waals surface area contributed by atoms with Crippen LogP contribution in [0.15, 0.2) is 30.6 Å². The van der Waals surface area contributed by atoms with Crippen molar-refractivity contribution >= 4 is 23.4 Å². The fourth-order valence-corrected chi connectivity index (χ4v) is 2.44. The van der Waals surface area contributed by atoms with E-state index in [0.717, 1.165) is 16.2 Å². The van der Waals surface area contributed by atoms with E-state index in [0.29, 0.717) is 6.54 Å². The number of amides is 3. The second kappa shape index (κ2) is 5.97. The van der Waals surface area contributed by atoms with Crippen LogP contribution in [0.3, 0.4) is 0 Å². The lowest BCUT2D eigenvalue weighted by Gasteiger charge is -2.12. The van der Waals surface area contributed by atoms with Gasteiger partial charge in [0, 0.05) is 38.2 Å². The number of carbonyl (C=O) groups is 3. The predicted molar refractivity (Wildman–Crippen MR) is 77.6 cm³/mol. The van der Waals surface area contributed by atoms with Crippen molar-refractivity contribution in [1.29, 1.82) is 0 Å². The molecule has 0 spiro atoms. The third-order valence-corrected chi connectivity index (χ3v) is 3.60. The lowest BCUT2D eigenvalue weighted by molar-refractivity contribution is -0.138. The molecule has 7 heteroatoms. The van der Waals surface area contributed by atoms with E-state index < -0.39 is 0 Å². The van der Waals surface area contributed by atoms with Crippen molar-refractivity contribution < 1.29 is 14.4 Å². The number of hydrogen-bond acceptors (Lipinski definition) is 4. The van der Waals surface area contributed by atoms with Crippen LogP contribution in [0.5, 0.6) is 0 Å². The zero-order chi connectivity index (χ0) is 15.5. The van der Waals surface area contributed by atoms with Crippen molar-refractivity contribution in [1.82, 2.24) is 19.6 Å². The van der Waals surface area contributed by atoms with Crippen molar-refractivity contribution in [3.8, 4) is 0 Å². The van der Waals surface area contributed by atoms with E-state index >= 15 is 0 Å². The lowest BCUT2D eigenvalue weighted by atomic mass is 10.3. The molecule has 1 aliphatic rings. The Bertz CT molecular complexity index is 688. The molecule has 0 atom stereocenters. The maximum absolute atomic E-state index is 11.8. The van der Waals surface area contributed by atoms with E-state index in [2.05, 4.69) is 10.3 Å². The van der Waals surface area contributed by atoms with Gasteiger partial charge in [0.2, 0.25) is 17.7 Å². The highest BCUT2D eigenvalue weighted by molar-refractivity contribution is 6.02. The van der Waals surface area contributed by atoms with Gasteiger partial charge in [-0.05, 0) is 12.1 Å². The number of hydrogen-bond donors (Lipinski definition) is 1. The molecule has 22 heavy (non-hydrogen) atoms. The number of pyridine rings is 1. The van der Waals surface area contributed by atoms with Crippen LogP contribution in [0.2, 0.25) is 0 Å². The summed E-state index contributed by atoms with van der Waals surface area (Å²) < 4.78 is 1.88. The highest BCUT2D eigenvalue weighted by atomic mass is 16.2. The summed E-state index contributed by atoms with van der Waals surface area (Å²) in [6.45, 7) is 0.469. The number of imide groups is 1. The summed E-state index contributed by atoms with van der Waals surface area (Å²) in [6, 6.07) is 5.69. The SMILES string of the molecule is O=C(CCN1C(=O)CCC1=O)NCc1cn2ccccc2n1. The molecular formula is C15H16N4O3. The second-order valence-corrected chi connectivity index (χ2v) is 5.16. The van der Waals surface area contributed by atoms with Gasteiger partial charge in [-0.25, -0.2) is 4.98 Å². The Labute approximate surface area is 126 Å². The highest BCUT2D eigenvalue weighted by Gasteiger charge is 2.28. The number of likely N-dealkylation sites (tertiary alicyclic amines) is 1. The summed E-state index contributed by atoms with van der Waals surface area (Å²) in [5.41, 5.74) is 1.58. The van der Waals surface area contributed by atoms with E-state index in [1.807, 2.05) is 35.0 Å². The van der Waals surface area contributed by atoms with Gasteiger partial charge < -0.3 is 9.72 Å². The van der Waals surface area contributed by atoms with E-state index in [-0.39, 0.29) is 43.5 Å². The van der Waals surface area contributed by atoms with Crippen molar-refractivity contribution in [2.45, 2.75) is 25.8 Å². The number of nitrogens with zero attached hydrogens (tertiary/aromatic N) is 3. The van der Waals surface area contributed by atoms with Crippen LogP contribution in [0.4, 0.5) is 0 Å². The van der Waals surface area contributed by atoms with Crippen LogP contribution in [-0.4, -0.2) is 38.6 Å². The fraction of sp³-hybridized carbons (Fsp3) is 0.333. The van der Waals surface area contributed by atoms with Gasteiger partial charge in [-0.1, -0.05) is 6.07 Å².